The Morgan fingerprint density at radius 1 is 0.317 bits per heavy atom. The van der Waals surface area contributed by atoms with E-state index in [2.05, 4.69) is 187 Å². The van der Waals surface area contributed by atoms with E-state index in [1.54, 1.807) is 0 Å². The number of para-hydroxylation sites is 2. The molecule has 2 radical (unpaired) electrons. The molecule has 4 heteroatoms. The summed E-state index contributed by atoms with van der Waals surface area (Å²) in [5, 5.41) is 14.8. The van der Waals surface area contributed by atoms with Gasteiger partial charge in [-0.25, -0.2) is 0 Å². The molecule has 41 heavy (non-hydrogen) atoms. The van der Waals surface area contributed by atoms with Crippen molar-refractivity contribution in [3.8, 4) is 0 Å². The maximum absolute atomic E-state index is 3.49. The van der Waals surface area contributed by atoms with E-state index in [0.29, 0.717) is 0 Å². The Hall–Kier alpha value is -4.22. The van der Waals surface area contributed by atoms with Crippen molar-refractivity contribution in [3.05, 3.63) is 177 Å². The fourth-order valence-corrected chi connectivity index (χ4v) is 9.68. The van der Waals surface area contributed by atoms with Crippen molar-refractivity contribution >= 4 is 59.0 Å². The zero-order valence-electron chi connectivity index (χ0n) is 22.6. The molecule has 0 heterocycles. The summed E-state index contributed by atoms with van der Waals surface area (Å²) in [6, 6.07) is 60.3. The van der Waals surface area contributed by atoms with Gasteiger partial charge in [0.15, 0.2) is 0 Å². The van der Waals surface area contributed by atoms with Gasteiger partial charge in [-0.15, -0.1) is 0 Å². The van der Waals surface area contributed by atoms with E-state index in [-0.39, 0.29) is 0 Å². The van der Waals surface area contributed by atoms with Crippen molar-refractivity contribution in [1.82, 2.24) is 0 Å². The summed E-state index contributed by atoms with van der Waals surface area (Å²) in [4.78, 5) is 0. The summed E-state index contributed by atoms with van der Waals surface area (Å²) >= 11 is 0. The van der Waals surface area contributed by atoms with Crippen molar-refractivity contribution in [1.29, 1.82) is 0 Å². The highest BCUT2D eigenvalue weighted by Gasteiger charge is 2.21. The Morgan fingerprint density at radius 3 is 0.902 bits per heavy atom. The summed E-state index contributed by atoms with van der Waals surface area (Å²) in [5.41, 5.74) is 2.09. The Kier molecular flexibility index (Phi) is 8.83. The molecule has 0 aliphatic heterocycles. The van der Waals surface area contributed by atoms with E-state index in [9.17, 15) is 0 Å². The Morgan fingerprint density at radius 2 is 0.585 bits per heavy atom. The topological polar surface area (TPSA) is 24.1 Å². The first-order valence-electron chi connectivity index (χ1n) is 13.6. The number of hydrogen-bond donors (Lipinski definition) is 2. The molecule has 6 rings (SSSR count). The highest BCUT2D eigenvalue weighted by molar-refractivity contribution is 7.80. The number of rotatable bonds is 10. The van der Waals surface area contributed by atoms with E-state index in [1.807, 2.05) is 0 Å². The van der Waals surface area contributed by atoms with Crippen LogP contribution in [0.25, 0.3) is 0 Å². The molecular weight excluding hydrogens is 534 g/mol. The lowest BCUT2D eigenvalue weighted by molar-refractivity contribution is 1.39. The van der Waals surface area contributed by atoms with Gasteiger partial charge >= 0.3 is 0 Å². The van der Waals surface area contributed by atoms with E-state index < -0.39 is 15.8 Å². The second kappa shape index (κ2) is 13.4. The molecule has 0 aliphatic rings. The van der Waals surface area contributed by atoms with Crippen LogP contribution in [0.1, 0.15) is 0 Å². The van der Waals surface area contributed by atoms with Crippen LogP contribution in [0.15, 0.2) is 170 Å². The molecule has 0 aliphatic carbocycles. The average Bonchev–Trinajstić information content (AvgIpc) is 3.05. The summed E-state index contributed by atoms with van der Waals surface area (Å²) in [5.74, 6) is 0. The largest absolute Gasteiger partial charge is 0.355 e. The van der Waals surface area contributed by atoms with Gasteiger partial charge in [0, 0.05) is 22.0 Å². The van der Waals surface area contributed by atoms with Gasteiger partial charge in [0.2, 0.25) is 6.67 Å². The summed E-state index contributed by atoms with van der Waals surface area (Å²) in [6.07, 6.45) is 0. The average molecular weight is 565 g/mol. The molecule has 0 aromatic heterocycles. The minimum Gasteiger partial charge on any atom is -0.355 e. The maximum atomic E-state index is 3.49. The van der Waals surface area contributed by atoms with Gasteiger partial charge in [-0.2, -0.15) is 0 Å². The monoisotopic (exact) mass is 564 g/mol. The quantitative estimate of drug-likeness (QED) is 0.143. The second-order valence-electron chi connectivity index (χ2n) is 9.42. The predicted octanol–water partition coefficient (Wildman–Crippen LogP) is 6.72. The molecule has 2 N–H and O–H groups in total. The molecule has 198 valence electrons. The first kappa shape index (κ1) is 27.0. The zero-order valence-corrected chi connectivity index (χ0v) is 24.3. The smallest absolute Gasteiger partial charge is 0.202 e. The van der Waals surface area contributed by atoms with Crippen LogP contribution in [-0.4, -0.2) is 0 Å². The lowest BCUT2D eigenvalue weighted by Gasteiger charge is -2.24. The van der Waals surface area contributed by atoms with E-state index in [1.165, 1.54) is 31.8 Å². The van der Waals surface area contributed by atoms with Crippen LogP contribution in [0.5, 0.6) is 0 Å². The molecule has 0 atom stereocenters. The van der Waals surface area contributed by atoms with Crippen LogP contribution in [0, 0.1) is 6.67 Å². The summed E-state index contributed by atoms with van der Waals surface area (Å²) in [7, 11) is -1.48. The van der Waals surface area contributed by atoms with Crippen LogP contribution < -0.4 is 42.5 Å². The molecule has 0 spiro atoms. The Labute approximate surface area is 245 Å². The molecule has 6 aromatic carbocycles. The fraction of sp³-hybridized carbons (Fsp3) is 0. The number of anilines is 2. The molecular formula is C37H30N2P2. The van der Waals surface area contributed by atoms with Crippen molar-refractivity contribution in [2.24, 2.45) is 0 Å². The molecule has 0 saturated carbocycles. The van der Waals surface area contributed by atoms with Gasteiger partial charge in [-0.3, -0.25) is 0 Å². The van der Waals surface area contributed by atoms with Gasteiger partial charge in [0.1, 0.15) is 0 Å². The van der Waals surface area contributed by atoms with Crippen molar-refractivity contribution in [2.75, 3.05) is 10.6 Å². The van der Waals surface area contributed by atoms with Crippen LogP contribution in [0.3, 0.4) is 0 Å². The predicted molar refractivity (Wildman–Crippen MR) is 181 cm³/mol. The molecule has 0 bridgehead atoms. The van der Waals surface area contributed by atoms with Crippen LogP contribution in [-0.2, 0) is 0 Å². The van der Waals surface area contributed by atoms with Crippen LogP contribution >= 0.6 is 15.8 Å². The van der Waals surface area contributed by atoms with E-state index >= 15 is 0 Å². The normalized spacial score (nSPS) is 11.0. The van der Waals surface area contributed by atoms with Crippen LogP contribution in [0.4, 0.5) is 11.4 Å². The lowest BCUT2D eigenvalue weighted by atomic mass is 10.3. The number of benzene rings is 6. The molecule has 2 nitrogen and oxygen atoms in total. The molecule has 0 saturated heterocycles. The van der Waals surface area contributed by atoms with Crippen LogP contribution in [0.2, 0.25) is 0 Å². The third-order valence-electron chi connectivity index (χ3n) is 6.74. The minimum absolute atomic E-state index is 0.742. The number of hydrogen-bond acceptors (Lipinski definition) is 2. The first-order valence-corrected chi connectivity index (χ1v) is 16.3. The highest BCUT2D eigenvalue weighted by atomic mass is 31.1. The van der Waals surface area contributed by atoms with Crippen molar-refractivity contribution in [3.63, 3.8) is 0 Å². The van der Waals surface area contributed by atoms with Gasteiger partial charge < -0.3 is 10.6 Å². The first-order chi connectivity index (χ1) is 20.4. The summed E-state index contributed by atoms with van der Waals surface area (Å²) < 4.78 is 0. The van der Waals surface area contributed by atoms with Crippen molar-refractivity contribution < 1.29 is 0 Å². The van der Waals surface area contributed by atoms with Crippen molar-refractivity contribution in [2.45, 2.75) is 0 Å². The molecule has 0 unspecified atom stereocenters. The van der Waals surface area contributed by atoms with Gasteiger partial charge in [0.25, 0.3) is 0 Å². The molecule has 6 aromatic rings. The number of nitrogens with one attached hydrogen (secondary N) is 2. The molecule has 0 fully saturated rings. The third-order valence-corrected chi connectivity index (χ3v) is 11.7. The SMILES string of the molecule is [C](Nc1ccccc1P(c1ccccc1)c1ccccc1)Nc1ccccc1P(c1ccccc1)c1ccccc1. The minimum atomic E-state index is -0.742. The fourth-order valence-electron chi connectivity index (χ4n) is 4.88. The summed E-state index contributed by atoms with van der Waals surface area (Å²) in [6.45, 7) is 3.34. The maximum Gasteiger partial charge on any atom is 0.202 e. The van der Waals surface area contributed by atoms with E-state index in [0.717, 1.165) is 11.4 Å². The van der Waals surface area contributed by atoms with Gasteiger partial charge in [-0.1, -0.05) is 158 Å². The van der Waals surface area contributed by atoms with Gasteiger partial charge in [0.05, 0.1) is 0 Å². The van der Waals surface area contributed by atoms with E-state index in [4.69, 9.17) is 0 Å². The molecule has 0 amide bonds. The zero-order chi connectivity index (χ0) is 27.7. The standard InChI is InChI=1S/C37H30N2P2/c1-5-17-30(18-6-1)40(31-19-7-2-8-20-31)36-27-15-13-25-34(36)38-29-39-35-26-14-16-28-37(35)41(32-21-9-3-10-22-32)33-23-11-4-12-24-33/h1-28,38-39H. The third kappa shape index (κ3) is 6.41. The lowest BCUT2D eigenvalue weighted by Crippen LogP contribution is -2.25. The Balaban J connectivity index is 1.29. The highest BCUT2D eigenvalue weighted by Crippen LogP contribution is 2.37. The Bertz CT molecular complexity index is 1450. The van der Waals surface area contributed by atoms with Gasteiger partial charge in [-0.05, 0) is 49.2 Å². The second-order valence-corrected chi connectivity index (χ2v) is 13.8.